The van der Waals surface area contributed by atoms with E-state index in [0.717, 1.165) is 93.6 Å². The van der Waals surface area contributed by atoms with E-state index < -0.39 is 0 Å². The van der Waals surface area contributed by atoms with Crippen molar-refractivity contribution in [2.75, 3.05) is 0 Å². The van der Waals surface area contributed by atoms with E-state index in [1.807, 2.05) is 0 Å². The lowest BCUT2D eigenvalue weighted by Gasteiger charge is -2.20. The van der Waals surface area contributed by atoms with E-state index in [0.29, 0.717) is 5.56 Å². The van der Waals surface area contributed by atoms with Gasteiger partial charge in [0.15, 0.2) is 0 Å². The number of aromatic nitrogens is 3. The van der Waals surface area contributed by atoms with Gasteiger partial charge in [0, 0.05) is 71.1 Å². The summed E-state index contributed by atoms with van der Waals surface area (Å²) in [5.74, 6) is 0. The number of nitriles is 1. The Balaban J connectivity index is 0.984. The SMILES string of the molecule is CC(C)(C)c1ccc2c(c1)c1cc(C(C)(C)C)ccc1n2-c1ccc(-c2cc(-c3ccc(-n4c5ccc(C(C)(C)C)cc5c5cc(C(C)(C)C)ccc54)cc3)c3c(C#N)cc(=O)sc3c2-c2ccc(-n3c4ccc(C(C)(C)C)cc4c4cc(C(C)(C)C)ccc43)cc2)cc1. The van der Waals surface area contributed by atoms with Crippen LogP contribution in [0.4, 0.5) is 0 Å². The van der Waals surface area contributed by atoms with Crippen molar-refractivity contribution >= 4 is 86.8 Å². The molecule has 0 aliphatic carbocycles. The summed E-state index contributed by atoms with van der Waals surface area (Å²) in [6, 6.07) is 74.9. The van der Waals surface area contributed by atoms with Gasteiger partial charge in [0.2, 0.25) is 4.74 Å². The van der Waals surface area contributed by atoms with Crippen molar-refractivity contribution in [3.63, 3.8) is 0 Å². The third-order valence-electron chi connectivity index (χ3n) is 19.9. The Morgan fingerprint density at radius 2 is 0.564 bits per heavy atom. The van der Waals surface area contributed by atoms with Crippen molar-refractivity contribution in [1.82, 2.24) is 13.7 Å². The minimum absolute atomic E-state index is 0.0219. The molecule has 0 unspecified atom stereocenters. The summed E-state index contributed by atoms with van der Waals surface area (Å²) in [4.78, 5) is 14.3. The highest BCUT2D eigenvalue weighted by Gasteiger charge is 2.27. The predicted octanol–water partition coefficient (Wildman–Crippen LogP) is 24.2. The van der Waals surface area contributed by atoms with Gasteiger partial charge in [-0.1, -0.05) is 209 Å². The van der Waals surface area contributed by atoms with Gasteiger partial charge < -0.3 is 13.7 Å². The highest BCUT2D eigenvalue weighted by molar-refractivity contribution is 7.17. The lowest BCUT2D eigenvalue weighted by Crippen LogP contribution is -2.10. The molecular formula is C88H86N4OS. The molecule has 4 heterocycles. The molecule has 4 aromatic heterocycles. The molecule has 0 fully saturated rings. The van der Waals surface area contributed by atoms with Gasteiger partial charge in [-0.25, -0.2) is 0 Å². The van der Waals surface area contributed by atoms with Gasteiger partial charge in [-0.05, 0) is 209 Å². The lowest BCUT2D eigenvalue weighted by molar-refractivity contribution is 0.590. The largest absolute Gasteiger partial charge is 0.309 e. The molecule has 0 bridgehead atoms. The first-order valence-corrected chi connectivity index (χ1v) is 34.2. The van der Waals surface area contributed by atoms with Gasteiger partial charge in [-0.3, -0.25) is 4.79 Å². The summed E-state index contributed by atoms with van der Waals surface area (Å²) in [6.45, 7) is 41.1. The van der Waals surface area contributed by atoms with Crippen LogP contribution in [0.1, 0.15) is 164 Å². The van der Waals surface area contributed by atoms with Crippen LogP contribution >= 0.6 is 11.3 Å². The monoisotopic (exact) mass is 1250 g/mol. The maximum absolute atomic E-state index is 14.3. The standard InChI is InChI=1S/C88H86N4OS/c1-83(2,3)56-25-37-73-67(44-56)68-45-57(84(4,5)6)26-38-74(68)90(73)62-31-19-52(20-32-62)65-50-66(53-21-33-63(34-22-53)91-75-39-27-58(85(7,8)9)46-69(75)70-47-59(86(10,11)12)28-40-76(70)91)81-55(51-89)43-79(93)94-82(81)80(65)54-23-35-64(36-24-54)92-77-41-29-60(87(13,14)15)48-71(77)72-49-61(88(16,17)18)30-42-78(72)92/h19-50H,1-18H3. The van der Waals surface area contributed by atoms with E-state index in [1.165, 1.54) is 83.1 Å². The molecular weight excluding hydrogens is 1160 g/mol. The predicted molar refractivity (Wildman–Crippen MR) is 404 cm³/mol. The molecule has 10 aromatic carbocycles. The lowest BCUT2D eigenvalue weighted by atomic mass is 9.85. The third kappa shape index (κ3) is 10.6. The molecule has 0 atom stereocenters. The molecule has 0 aliphatic rings. The summed E-state index contributed by atoms with van der Waals surface area (Å²) in [5, 5.41) is 19.4. The quantitative estimate of drug-likeness (QED) is 0.167. The molecule has 0 radical (unpaired) electrons. The molecule has 0 N–H and O–H groups in total. The maximum Gasteiger partial charge on any atom is 0.234 e. The second-order valence-electron chi connectivity index (χ2n) is 32.7. The Morgan fingerprint density at radius 3 is 0.819 bits per heavy atom. The van der Waals surface area contributed by atoms with Gasteiger partial charge >= 0.3 is 0 Å². The molecule has 0 amide bonds. The van der Waals surface area contributed by atoms with Gasteiger partial charge in [0.1, 0.15) is 0 Å². The fourth-order valence-electron chi connectivity index (χ4n) is 14.2. The Labute approximate surface area is 558 Å². The zero-order valence-electron chi connectivity index (χ0n) is 58.1. The normalized spacial score (nSPS) is 13.0. The molecule has 5 nitrogen and oxygen atoms in total. The van der Waals surface area contributed by atoms with Crippen LogP contribution in [0.3, 0.4) is 0 Å². The first-order valence-electron chi connectivity index (χ1n) is 33.4. The second kappa shape index (κ2) is 21.6. The van der Waals surface area contributed by atoms with Crippen LogP contribution in [0.2, 0.25) is 0 Å². The van der Waals surface area contributed by atoms with E-state index in [1.54, 1.807) is 0 Å². The van der Waals surface area contributed by atoms with Gasteiger partial charge in [0.05, 0.1) is 44.7 Å². The van der Waals surface area contributed by atoms with Crippen molar-refractivity contribution in [3.05, 3.63) is 243 Å². The van der Waals surface area contributed by atoms with Crippen molar-refractivity contribution in [3.8, 4) is 56.5 Å². The van der Waals surface area contributed by atoms with E-state index in [4.69, 9.17) is 0 Å². The molecule has 94 heavy (non-hydrogen) atoms. The third-order valence-corrected chi connectivity index (χ3v) is 20.8. The zero-order chi connectivity index (χ0) is 66.7. The second-order valence-corrected chi connectivity index (χ2v) is 33.7. The summed E-state index contributed by atoms with van der Waals surface area (Å²) < 4.78 is 7.82. The average molecular weight is 1250 g/mol. The fraction of sp³-hybridized carbons (Fsp3) is 0.273. The van der Waals surface area contributed by atoms with Crippen LogP contribution in [0, 0.1) is 11.3 Å². The highest BCUT2D eigenvalue weighted by atomic mass is 32.1. The summed E-state index contributed by atoms with van der Waals surface area (Å²) in [6.07, 6.45) is 0. The molecule has 0 spiro atoms. The maximum atomic E-state index is 14.3. The highest BCUT2D eigenvalue weighted by Crippen LogP contribution is 2.48. The first kappa shape index (κ1) is 62.2. The van der Waals surface area contributed by atoms with Crippen LogP contribution in [-0.4, -0.2) is 13.7 Å². The topological polar surface area (TPSA) is 55.6 Å². The van der Waals surface area contributed by atoms with E-state index in [9.17, 15) is 10.1 Å². The number of hydrogen-bond acceptors (Lipinski definition) is 3. The number of nitrogens with zero attached hydrogens (tertiary/aromatic N) is 4. The average Bonchev–Trinajstić information content (AvgIpc) is 1.38. The zero-order valence-corrected chi connectivity index (χ0v) is 58.9. The van der Waals surface area contributed by atoms with Crippen LogP contribution in [0.5, 0.6) is 0 Å². The van der Waals surface area contributed by atoms with Crippen LogP contribution < -0.4 is 4.74 Å². The Hall–Kier alpha value is -9.28. The molecule has 14 rings (SSSR count). The van der Waals surface area contributed by atoms with E-state index >= 15 is 0 Å². The Bertz CT molecular complexity index is 5320. The summed E-state index contributed by atoms with van der Waals surface area (Å²) >= 11 is 1.22. The Kier molecular flexibility index (Phi) is 14.3. The van der Waals surface area contributed by atoms with Gasteiger partial charge in [-0.15, -0.1) is 0 Å². The van der Waals surface area contributed by atoms with Crippen LogP contribution in [0.25, 0.3) is 126 Å². The number of rotatable bonds is 6. The van der Waals surface area contributed by atoms with Crippen LogP contribution in [-0.2, 0) is 32.5 Å². The van der Waals surface area contributed by atoms with Crippen molar-refractivity contribution in [2.45, 2.75) is 157 Å². The number of benzene rings is 10. The van der Waals surface area contributed by atoms with Gasteiger partial charge in [-0.2, -0.15) is 5.26 Å². The minimum Gasteiger partial charge on any atom is -0.309 e. The van der Waals surface area contributed by atoms with Gasteiger partial charge in [0.25, 0.3) is 0 Å². The smallest absolute Gasteiger partial charge is 0.234 e. The number of fused-ring (bicyclic) bond motifs is 10. The number of hydrogen-bond donors (Lipinski definition) is 0. The summed E-state index contributed by atoms with van der Waals surface area (Å²) in [7, 11) is 0. The molecule has 0 aliphatic heterocycles. The molecule has 470 valence electrons. The molecule has 14 aromatic rings. The van der Waals surface area contributed by atoms with E-state index in [-0.39, 0.29) is 37.2 Å². The first-order chi connectivity index (χ1) is 44.2. The van der Waals surface area contributed by atoms with Crippen molar-refractivity contribution in [1.29, 1.82) is 5.26 Å². The Morgan fingerprint density at radius 1 is 0.309 bits per heavy atom. The van der Waals surface area contributed by atoms with E-state index in [2.05, 4.69) is 332 Å². The van der Waals surface area contributed by atoms with Crippen molar-refractivity contribution < 1.29 is 0 Å². The molecule has 6 heteroatoms. The summed E-state index contributed by atoms with van der Waals surface area (Å²) in [5.41, 5.74) is 23.7. The minimum atomic E-state index is -0.170. The van der Waals surface area contributed by atoms with Crippen molar-refractivity contribution in [2.24, 2.45) is 0 Å². The molecule has 0 saturated heterocycles. The molecule has 0 saturated carbocycles. The fourth-order valence-corrected chi connectivity index (χ4v) is 15.3. The van der Waals surface area contributed by atoms with Crippen LogP contribution in [0.15, 0.2) is 199 Å².